The normalized spacial score (nSPS) is 11.1. The number of hydrogen-bond donors (Lipinski definition) is 3. The van der Waals surface area contributed by atoms with Crippen LogP contribution in [0, 0.1) is 0 Å². The quantitative estimate of drug-likeness (QED) is 0.390. The van der Waals surface area contributed by atoms with Gasteiger partial charge in [0.15, 0.2) is 0 Å². The van der Waals surface area contributed by atoms with Crippen LogP contribution in [-0.4, -0.2) is 27.9 Å². The number of aliphatic carboxylic acids is 1. The first-order valence-corrected chi connectivity index (χ1v) is 7.95. The van der Waals surface area contributed by atoms with Crippen molar-refractivity contribution < 1.29 is 19.9 Å². The smallest absolute Gasteiger partial charge is 0.303 e. The maximum absolute atomic E-state index is 12.0. The molecule has 0 heterocycles. The largest absolute Gasteiger partial charge is 0.481 e. The van der Waals surface area contributed by atoms with Gasteiger partial charge in [0, 0.05) is 18.5 Å². The maximum atomic E-state index is 12.0. The molecular formula is C19H20N2O4. The number of rotatable bonds is 8. The average Bonchev–Trinajstić information content (AvgIpc) is 2.62. The lowest BCUT2D eigenvalue weighted by molar-refractivity contribution is -0.136. The molecule has 0 saturated carbocycles. The van der Waals surface area contributed by atoms with E-state index in [0.29, 0.717) is 29.8 Å². The summed E-state index contributed by atoms with van der Waals surface area (Å²) in [7, 11) is 0. The number of nitrogens with one attached hydrogen (secondary N) is 1. The van der Waals surface area contributed by atoms with E-state index in [0.717, 1.165) is 5.56 Å². The van der Waals surface area contributed by atoms with E-state index in [-0.39, 0.29) is 18.7 Å². The Balaban J connectivity index is 1.88. The Morgan fingerprint density at radius 1 is 0.920 bits per heavy atom. The molecule has 2 aromatic rings. The molecule has 0 fully saturated rings. The summed E-state index contributed by atoms with van der Waals surface area (Å²) in [6.07, 6.45) is 1.07. The molecule has 3 N–H and O–H groups in total. The van der Waals surface area contributed by atoms with E-state index in [1.165, 1.54) is 0 Å². The lowest BCUT2D eigenvalue weighted by atomic mass is 10.1. The highest BCUT2D eigenvalue weighted by Crippen LogP contribution is 2.13. The van der Waals surface area contributed by atoms with Gasteiger partial charge < -0.3 is 15.6 Å². The van der Waals surface area contributed by atoms with Crippen LogP contribution in [0.4, 0.5) is 5.69 Å². The fraction of sp³-hybridized carbons (Fsp3) is 0.211. The molecule has 2 rings (SSSR count). The van der Waals surface area contributed by atoms with Gasteiger partial charge in [-0.2, -0.15) is 0 Å². The van der Waals surface area contributed by atoms with Crippen molar-refractivity contribution in [2.24, 2.45) is 5.16 Å². The number of carboxylic acids is 1. The minimum absolute atomic E-state index is 0.0847. The number of anilines is 1. The number of benzene rings is 2. The van der Waals surface area contributed by atoms with Gasteiger partial charge in [0.25, 0.3) is 0 Å². The third-order valence-corrected chi connectivity index (χ3v) is 3.68. The molecular weight excluding hydrogens is 320 g/mol. The van der Waals surface area contributed by atoms with Gasteiger partial charge in [0.05, 0.1) is 12.1 Å². The lowest BCUT2D eigenvalue weighted by Crippen LogP contribution is -2.12. The van der Waals surface area contributed by atoms with Crippen LogP contribution in [0.25, 0.3) is 0 Å². The first kappa shape index (κ1) is 18.2. The third kappa shape index (κ3) is 6.10. The molecule has 25 heavy (non-hydrogen) atoms. The Morgan fingerprint density at radius 2 is 1.60 bits per heavy atom. The van der Waals surface area contributed by atoms with Crippen LogP contribution in [0.1, 0.15) is 30.4 Å². The SMILES string of the molecule is O=C(O)CC/C(=N/O)c1ccc(NC(=O)CCc2ccccc2)cc1. The van der Waals surface area contributed by atoms with E-state index < -0.39 is 5.97 Å². The second kappa shape index (κ2) is 9.22. The molecule has 0 aliphatic rings. The number of hydrogen-bond acceptors (Lipinski definition) is 4. The van der Waals surface area contributed by atoms with Crippen molar-refractivity contribution in [3.05, 3.63) is 65.7 Å². The van der Waals surface area contributed by atoms with Crippen LogP contribution >= 0.6 is 0 Å². The molecule has 0 unspecified atom stereocenters. The Bertz CT molecular complexity index is 740. The Morgan fingerprint density at radius 3 is 2.20 bits per heavy atom. The Labute approximate surface area is 145 Å². The topological polar surface area (TPSA) is 99.0 Å². The van der Waals surface area contributed by atoms with Crippen molar-refractivity contribution >= 4 is 23.3 Å². The second-order valence-corrected chi connectivity index (χ2v) is 5.55. The van der Waals surface area contributed by atoms with E-state index in [2.05, 4.69) is 10.5 Å². The van der Waals surface area contributed by atoms with Crippen molar-refractivity contribution in [3.8, 4) is 0 Å². The summed E-state index contributed by atoms with van der Waals surface area (Å²) < 4.78 is 0. The van der Waals surface area contributed by atoms with Crippen LogP contribution in [-0.2, 0) is 16.0 Å². The molecule has 0 aromatic heterocycles. The number of nitrogens with zero attached hydrogens (tertiary/aromatic N) is 1. The molecule has 6 nitrogen and oxygen atoms in total. The minimum Gasteiger partial charge on any atom is -0.481 e. The summed E-state index contributed by atoms with van der Waals surface area (Å²) in [4.78, 5) is 22.6. The fourth-order valence-corrected chi connectivity index (χ4v) is 2.35. The van der Waals surface area contributed by atoms with E-state index in [4.69, 9.17) is 10.3 Å². The molecule has 0 aliphatic heterocycles. The summed E-state index contributed by atoms with van der Waals surface area (Å²) in [5.41, 5.74) is 2.66. The average molecular weight is 340 g/mol. The van der Waals surface area contributed by atoms with Gasteiger partial charge in [-0.05, 0) is 29.7 Å². The number of aryl methyl sites for hydroxylation is 1. The summed E-state index contributed by atoms with van der Waals surface area (Å²) in [5, 5.41) is 23.7. The lowest BCUT2D eigenvalue weighted by Gasteiger charge is -2.07. The molecule has 0 bridgehead atoms. The highest BCUT2D eigenvalue weighted by molar-refractivity contribution is 6.01. The van der Waals surface area contributed by atoms with Crippen LogP contribution in [0.15, 0.2) is 59.8 Å². The highest BCUT2D eigenvalue weighted by Gasteiger charge is 2.08. The van der Waals surface area contributed by atoms with Crippen molar-refractivity contribution in [2.45, 2.75) is 25.7 Å². The standard InChI is InChI=1S/C19H20N2O4/c22-18(12-6-14-4-2-1-3-5-14)20-16-9-7-15(8-10-16)17(21-25)11-13-19(23)24/h1-5,7-10,25H,6,11-13H2,(H,20,22)(H,23,24)/b21-17-. The Kier molecular flexibility index (Phi) is 6.71. The van der Waals surface area contributed by atoms with Crippen LogP contribution < -0.4 is 5.32 Å². The second-order valence-electron chi connectivity index (χ2n) is 5.55. The molecule has 0 saturated heterocycles. The van der Waals surface area contributed by atoms with E-state index in [1.807, 2.05) is 30.3 Å². The van der Waals surface area contributed by atoms with Crippen LogP contribution in [0.3, 0.4) is 0 Å². The van der Waals surface area contributed by atoms with E-state index in [1.54, 1.807) is 24.3 Å². The molecule has 0 radical (unpaired) electrons. The third-order valence-electron chi connectivity index (χ3n) is 3.68. The minimum atomic E-state index is -0.955. The zero-order chi connectivity index (χ0) is 18.1. The first-order valence-electron chi connectivity index (χ1n) is 7.95. The summed E-state index contributed by atoms with van der Waals surface area (Å²) in [5.74, 6) is -1.04. The molecule has 6 heteroatoms. The molecule has 0 spiro atoms. The van der Waals surface area contributed by atoms with Gasteiger partial charge in [-0.1, -0.05) is 47.6 Å². The van der Waals surface area contributed by atoms with Gasteiger partial charge in [-0.25, -0.2) is 0 Å². The molecule has 130 valence electrons. The number of carboxylic acid groups (broad SMARTS) is 1. The molecule has 0 atom stereocenters. The molecule has 2 aromatic carbocycles. The van der Waals surface area contributed by atoms with Crippen molar-refractivity contribution in [2.75, 3.05) is 5.32 Å². The first-order chi connectivity index (χ1) is 12.1. The predicted molar refractivity (Wildman–Crippen MR) is 95.0 cm³/mol. The van der Waals surface area contributed by atoms with Gasteiger partial charge in [0.2, 0.25) is 5.91 Å². The van der Waals surface area contributed by atoms with Gasteiger partial charge in [-0.3, -0.25) is 9.59 Å². The summed E-state index contributed by atoms with van der Waals surface area (Å²) in [6.45, 7) is 0. The number of amides is 1. The maximum Gasteiger partial charge on any atom is 0.303 e. The number of carbonyl (C=O) groups is 2. The molecule has 1 amide bonds. The van der Waals surface area contributed by atoms with Crippen molar-refractivity contribution in [1.82, 2.24) is 0 Å². The van der Waals surface area contributed by atoms with Crippen LogP contribution in [0.2, 0.25) is 0 Å². The van der Waals surface area contributed by atoms with Crippen molar-refractivity contribution in [3.63, 3.8) is 0 Å². The van der Waals surface area contributed by atoms with Crippen molar-refractivity contribution in [1.29, 1.82) is 0 Å². The monoisotopic (exact) mass is 340 g/mol. The zero-order valence-corrected chi connectivity index (χ0v) is 13.7. The Hall–Kier alpha value is -3.15. The zero-order valence-electron chi connectivity index (χ0n) is 13.7. The predicted octanol–water partition coefficient (Wildman–Crippen LogP) is 3.30. The van der Waals surface area contributed by atoms with Gasteiger partial charge >= 0.3 is 5.97 Å². The van der Waals surface area contributed by atoms with Gasteiger partial charge in [0.1, 0.15) is 0 Å². The number of oxime groups is 1. The summed E-state index contributed by atoms with van der Waals surface area (Å²) in [6, 6.07) is 16.5. The summed E-state index contributed by atoms with van der Waals surface area (Å²) >= 11 is 0. The van der Waals surface area contributed by atoms with Crippen LogP contribution in [0.5, 0.6) is 0 Å². The van der Waals surface area contributed by atoms with E-state index >= 15 is 0 Å². The molecule has 0 aliphatic carbocycles. The number of carbonyl (C=O) groups excluding carboxylic acids is 1. The fourth-order valence-electron chi connectivity index (χ4n) is 2.35. The highest BCUT2D eigenvalue weighted by atomic mass is 16.4. The van der Waals surface area contributed by atoms with Gasteiger partial charge in [-0.15, -0.1) is 0 Å². The van der Waals surface area contributed by atoms with E-state index in [9.17, 15) is 9.59 Å².